The number of methoxy groups -OCH3 is 1. The van der Waals surface area contributed by atoms with E-state index in [1.165, 1.54) is 7.11 Å². The molecule has 86 valence electrons. The maximum atomic E-state index is 11.8. The van der Waals surface area contributed by atoms with E-state index in [1.54, 1.807) is 31.3 Å². The number of carbonyl (C=O) groups is 1. The van der Waals surface area contributed by atoms with Gasteiger partial charge in [-0.05, 0) is 19.1 Å². The average Bonchev–Trinajstić information content (AvgIpc) is 2.36. The second-order valence-electron chi connectivity index (χ2n) is 3.50. The first-order valence-electron chi connectivity index (χ1n) is 5.01. The number of carbonyl (C=O) groups excluding carboxylic acids is 1. The fourth-order valence-corrected chi connectivity index (χ4v) is 1.41. The minimum absolute atomic E-state index is 0.368. The van der Waals surface area contributed by atoms with Crippen LogP contribution in [0.4, 0.5) is 0 Å². The zero-order chi connectivity index (χ0) is 12.0. The standard InChI is InChI=1S/C12H16N2O2/c1-4-8-14-12(2,11(15)16-3)10-7-5-6-9-13-10/h4-7,9,14H,1,8H2,2-3H3. The number of hydrogen-bond donors (Lipinski definition) is 1. The first-order chi connectivity index (χ1) is 7.65. The summed E-state index contributed by atoms with van der Waals surface area (Å²) in [5.41, 5.74) is -0.312. The van der Waals surface area contributed by atoms with E-state index >= 15 is 0 Å². The Morgan fingerprint density at radius 2 is 2.44 bits per heavy atom. The van der Waals surface area contributed by atoms with E-state index in [1.807, 2.05) is 6.07 Å². The van der Waals surface area contributed by atoms with Gasteiger partial charge in [0.05, 0.1) is 12.8 Å². The molecule has 0 aromatic carbocycles. The highest BCUT2D eigenvalue weighted by Crippen LogP contribution is 2.19. The van der Waals surface area contributed by atoms with E-state index < -0.39 is 5.54 Å². The summed E-state index contributed by atoms with van der Waals surface area (Å²) in [5.74, 6) is -0.368. The Morgan fingerprint density at radius 1 is 1.69 bits per heavy atom. The minimum atomic E-state index is -0.940. The zero-order valence-corrected chi connectivity index (χ0v) is 9.56. The molecule has 1 atom stereocenters. The van der Waals surface area contributed by atoms with Gasteiger partial charge < -0.3 is 4.74 Å². The molecule has 1 heterocycles. The Morgan fingerprint density at radius 3 is 2.94 bits per heavy atom. The molecule has 16 heavy (non-hydrogen) atoms. The third kappa shape index (κ3) is 2.46. The molecule has 1 rings (SSSR count). The molecule has 0 amide bonds. The van der Waals surface area contributed by atoms with Crippen LogP contribution in [0.1, 0.15) is 12.6 Å². The number of nitrogens with zero attached hydrogens (tertiary/aromatic N) is 1. The number of nitrogens with one attached hydrogen (secondary N) is 1. The lowest BCUT2D eigenvalue weighted by molar-refractivity contribution is -0.148. The van der Waals surface area contributed by atoms with Crippen molar-refractivity contribution in [3.63, 3.8) is 0 Å². The predicted molar refractivity (Wildman–Crippen MR) is 61.8 cm³/mol. The second-order valence-corrected chi connectivity index (χ2v) is 3.50. The highest BCUT2D eigenvalue weighted by atomic mass is 16.5. The normalized spacial score (nSPS) is 13.9. The van der Waals surface area contributed by atoms with Gasteiger partial charge in [0.1, 0.15) is 0 Å². The zero-order valence-electron chi connectivity index (χ0n) is 9.56. The number of aromatic nitrogens is 1. The van der Waals surface area contributed by atoms with Gasteiger partial charge in [0.2, 0.25) is 0 Å². The van der Waals surface area contributed by atoms with Crippen LogP contribution >= 0.6 is 0 Å². The van der Waals surface area contributed by atoms with Crippen molar-refractivity contribution < 1.29 is 9.53 Å². The molecule has 0 saturated heterocycles. The van der Waals surface area contributed by atoms with Gasteiger partial charge in [-0.25, -0.2) is 4.79 Å². The molecule has 0 spiro atoms. The van der Waals surface area contributed by atoms with Crippen LogP contribution in [0.3, 0.4) is 0 Å². The molecule has 0 saturated carbocycles. The quantitative estimate of drug-likeness (QED) is 0.599. The van der Waals surface area contributed by atoms with Gasteiger partial charge in [-0.15, -0.1) is 6.58 Å². The fourth-order valence-electron chi connectivity index (χ4n) is 1.41. The lowest BCUT2D eigenvalue weighted by Crippen LogP contribution is -2.48. The number of hydrogen-bond acceptors (Lipinski definition) is 4. The summed E-state index contributed by atoms with van der Waals surface area (Å²) in [6.07, 6.45) is 3.33. The Labute approximate surface area is 95.3 Å². The Bertz CT molecular complexity index is 365. The van der Waals surface area contributed by atoms with Crippen LogP contribution in [-0.4, -0.2) is 24.6 Å². The summed E-state index contributed by atoms with van der Waals surface area (Å²) < 4.78 is 4.79. The van der Waals surface area contributed by atoms with Gasteiger partial charge in [-0.2, -0.15) is 0 Å². The first-order valence-corrected chi connectivity index (χ1v) is 5.01. The van der Waals surface area contributed by atoms with Gasteiger partial charge >= 0.3 is 5.97 Å². The van der Waals surface area contributed by atoms with Crippen LogP contribution in [0.15, 0.2) is 37.1 Å². The molecule has 0 bridgehead atoms. The lowest BCUT2D eigenvalue weighted by Gasteiger charge is -2.26. The third-order valence-electron chi connectivity index (χ3n) is 2.37. The summed E-state index contributed by atoms with van der Waals surface area (Å²) in [5, 5.41) is 3.06. The van der Waals surface area contributed by atoms with Gasteiger partial charge in [-0.3, -0.25) is 10.3 Å². The molecule has 0 aliphatic carbocycles. The van der Waals surface area contributed by atoms with E-state index in [0.717, 1.165) is 0 Å². The Hall–Kier alpha value is -1.68. The van der Waals surface area contributed by atoms with Gasteiger partial charge in [0.15, 0.2) is 5.54 Å². The molecule has 0 fully saturated rings. The summed E-state index contributed by atoms with van der Waals surface area (Å²) in [4.78, 5) is 16.0. The molecule has 0 aliphatic heterocycles. The van der Waals surface area contributed by atoms with Crippen molar-refractivity contribution in [3.05, 3.63) is 42.7 Å². The summed E-state index contributed by atoms with van der Waals surface area (Å²) in [6, 6.07) is 5.42. The van der Waals surface area contributed by atoms with Crippen molar-refractivity contribution in [2.45, 2.75) is 12.5 Å². The van der Waals surface area contributed by atoms with Crippen LogP contribution in [0.25, 0.3) is 0 Å². The topological polar surface area (TPSA) is 51.2 Å². The smallest absolute Gasteiger partial charge is 0.332 e. The van der Waals surface area contributed by atoms with Crippen LogP contribution in [-0.2, 0) is 15.1 Å². The molecule has 1 aromatic rings. The fraction of sp³-hybridized carbons (Fsp3) is 0.333. The highest BCUT2D eigenvalue weighted by Gasteiger charge is 2.36. The van der Waals surface area contributed by atoms with Crippen molar-refractivity contribution in [2.75, 3.05) is 13.7 Å². The van der Waals surface area contributed by atoms with Crippen LogP contribution in [0.5, 0.6) is 0 Å². The Balaban J connectivity index is 3.04. The second kappa shape index (κ2) is 5.42. The van der Waals surface area contributed by atoms with Crippen LogP contribution in [0.2, 0.25) is 0 Å². The van der Waals surface area contributed by atoms with Gasteiger partial charge in [0.25, 0.3) is 0 Å². The monoisotopic (exact) mass is 220 g/mol. The highest BCUT2D eigenvalue weighted by molar-refractivity contribution is 5.81. The summed E-state index contributed by atoms with van der Waals surface area (Å²) in [7, 11) is 1.36. The maximum Gasteiger partial charge on any atom is 0.332 e. The molecule has 4 heteroatoms. The van der Waals surface area contributed by atoms with Crippen molar-refractivity contribution in [3.8, 4) is 0 Å². The molecule has 0 radical (unpaired) electrons. The van der Waals surface area contributed by atoms with Crippen molar-refractivity contribution in [2.24, 2.45) is 0 Å². The largest absolute Gasteiger partial charge is 0.467 e. The van der Waals surface area contributed by atoms with E-state index in [9.17, 15) is 4.79 Å². The molecule has 4 nitrogen and oxygen atoms in total. The minimum Gasteiger partial charge on any atom is -0.467 e. The first kappa shape index (κ1) is 12.4. The number of rotatable bonds is 5. The molecular formula is C12H16N2O2. The third-order valence-corrected chi connectivity index (χ3v) is 2.37. The van der Waals surface area contributed by atoms with E-state index in [2.05, 4.69) is 16.9 Å². The molecule has 0 aliphatic rings. The summed E-state index contributed by atoms with van der Waals surface area (Å²) in [6.45, 7) is 5.85. The molecule has 1 N–H and O–H groups in total. The maximum absolute atomic E-state index is 11.8. The van der Waals surface area contributed by atoms with Gasteiger partial charge in [0, 0.05) is 12.7 Å². The summed E-state index contributed by atoms with van der Waals surface area (Å²) >= 11 is 0. The van der Waals surface area contributed by atoms with Crippen molar-refractivity contribution >= 4 is 5.97 Å². The molecule has 1 unspecified atom stereocenters. The number of pyridine rings is 1. The Kier molecular flexibility index (Phi) is 4.19. The number of ether oxygens (including phenoxy) is 1. The van der Waals surface area contributed by atoms with Crippen LogP contribution in [0, 0.1) is 0 Å². The molecule has 1 aromatic heterocycles. The van der Waals surface area contributed by atoms with Crippen LogP contribution < -0.4 is 5.32 Å². The SMILES string of the molecule is C=CCNC(C)(C(=O)OC)c1ccccn1. The average molecular weight is 220 g/mol. The van der Waals surface area contributed by atoms with E-state index in [-0.39, 0.29) is 5.97 Å². The predicted octanol–water partition coefficient (Wildman–Crippen LogP) is 1.25. The van der Waals surface area contributed by atoms with E-state index in [0.29, 0.717) is 12.2 Å². The van der Waals surface area contributed by atoms with Crippen molar-refractivity contribution in [1.82, 2.24) is 10.3 Å². The molecular weight excluding hydrogens is 204 g/mol. The number of esters is 1. The van der Waals surface area contributed by atoms with E-state index in [4.69, 9.17) is 4.74 Å². The van der Waals surface area contributed by atoms with Gasteiger partial charge in [-0.1, -0.05) is 12.1 Å². The van der Waals surface area contributed by atoms with Crippen molar-refractivity contribution in [1.29, 1.82) is 0 Å². The lowest BCUT2D eigenvalue weighted by atomic mass is 9.97.